The van der Waals surface area contributed by atoms with Gasteiger partial charge < -0.3 is 20.0 Å². The molecule has 1 aliphatic rings. The molecule has 152 valence electrons. The number of pyridine rings is 1. The van der Waals surface area contributed by atoms with Crippen molar-refractivity contribution in [2.75, 3.05) is 11.9 Å². The number of H-pyrrole nitrogens is 2. The van der Waals surface area contributed by atoms with Gasteiger partial charge in [0.15, 0.2) is 17.2 Å². The molecule has 11 heteroatoms. The van der Waals surface area contributed by atoms with Crippen LogP contribution < -0.4 is 21.3 Å². The predicted molar refractivity (Wildman–Crippen MR) is 103 cm³/mol. The minimum absolute atomic E-state index is 0.00197. The number of halogens is 2. The molecule has 4 aromatic rings. The van der Waals surface area contributed by atoms with E-state index in [2.05, 4.69) is 25.3 Å². The van der Waals surface area contributed by atoms with Gasteiger partial charge in [-0.25, -0.2) is 18.6 Å². The van der Waals surface area contributed by atoms with Crippen LogP contribution in [0, 0.1) is 11.6 Å². The Kier molecular flexibility index (Phi) is 4.09. The maximum absolute atomic E-state index is 14.2. The average molecular weight is 412 g/mol. The zero-order valence-corrected chi connectivity index (χ0v) is 15.3. The van der Waals surface area contributed by atoms with Crippen molar-refractivity contribution in [1.82, 2.24) is 24.5 Å². The van der Waals surface area contributed by atoms with E-state index in [-0.39, 0.29) is 29.6 Å². The summed E-state index contributed by atoms with van der Waals surface area (Å²) in [4.78, 5) is 37.9. The van der Waals surface area contributed by atoms with Gasteiger partial charge >= 0.3 is 5.69 Å². The van der Waals surface area contributed by atoms with Gasteiger partial charge in [0.05, 0.1) is 18.8 Å². The van der Waals surface area contributed by atoms with Crippen LogP contribution in [0.15, 0.2) is 46.2 Å². The summed E-state index contributed by atoms with van der Waals surface area (Å²) in [6.07, 6.45) is 2.74. The second kappa shape index (κ2) is 6.79. The maximum atomic E-state index is 14.2. The van der Waals surface area contributed by atoms with E-state index in [1.165, 1.54) is 16.8 Å². The van der Waals surface area contributed by atoms with Crippen molar-refractivity contribution in [1.29, 1.82) is 0 Å². The van der Waals surface area contributed by atoms with Crippen molar-refractivity contribution in [3.05, 3.63) is 74.7 Å². The first-order valence-electron chi connectivity index (χ1n) is 9.05. The van der Waals surface area contributed by atoms with E-state index < -0.39 is 28.9 Å². The Morgan fingerprint density at radius 3 is 3.00 bits per heavy atom. The molecule has 30 heavy (non-hydrogen) atoms. The molecule has 1 aromatic carbocycles. The fourth-order valence-corrected chi connectivity index (χ4v) is 3.57. The summed E-state index contributed by atoms with van der Waals surface area (Å²) in [5.41, 5.74) is 0.0642. The zero-order chi connectivity index (χ0) is 20.8. The number of aromatic nitrogens is 5. The third-order valence-corrected chi connectivity index (χ3v) is 4.88. The highest BCUT2D eigenvalue weighted by molar-refractivity contribution is 5.72. The molecule has 1 atom stereocenters. The largest absolute Gasteiger partial charge is 0.490 e. The maximum Gasteiger partial charge on any atom is 0.328 e. The number of fused-ring (bicyclic) bond motifs is 2. The quantitative estimate of drug-likeness (QED) is 0.475. The van der Waals surface area contributed by atoms with Crippen LogP contribution in [0.3, 0.4) is 0 Å². The summed E-state index contributed by atoms with van der Waals surface area (Å²) in [5.74, 6) is -1.04. The van der Waals surface area contributed by atoms with Crippen LogP contribution in [0.2, 0.25) is 0 Å². The third kappa shape index (κ3) is 2.91. The number of aromatic amines is 2. The van der Waals surface area contributed by atoms with E-state index in [1.54, 1.807) is 12.1 Å². The summed E-state index contributed by atoms with van der Waals surface area (Å²) in [5, 5.41) is 2.65. The van der Waals surface area contributed by atoms with Gasteiger partial charge in [0.2, 0.25) is 5.95 Å². The number of ether oxygens (including phenoxy) is 1. The smallest absolute Gasteiger partial charge is 0.328 e. The highest BCUT2D eigenvalue weighted by Gasteiger charge is 2.28. The van der Waals surface area contributed by atoms with Gasteiger partial charge in [-0.2, -0.15) is 4.98 Å². The first-order chi connectivity index (χ1) is 14.5. The van der Waals surface area contributed by atoms with Gasteiger partial charge in [-0.3, -0.25) is 9.36 Å². The van der Waals surface area contributed by atoms with Crippen molar-refractivity contribution in [2.45, 2.75) is 12.5 Å². The third-order valence-electron chi connectivity index (χ3n) is 4.88. The standard InChI is InChI=1S/C19H14F2N6O3/c20-9-6-12(17(28)22-7-9)24-18-23-8-13-16(26-18)27(19(29)25-13)14-4-5-30-15-10(14)2-1-3-11(15)21/h1-3,6-8,14H,4-5H2,(H,22,28)(H,25,29)(H,23,24,26)/t14-/m1/s1. The SMILES string of the molecule is O=c1[nH]cc(F)cc1Nc1ncc2[nH]c(=O)n([C@@H]3CCOc4c(F)cccc43)c2n1. The number of rotatable bonds is 3. The number of imidazole rings is 1. The minimum atomic E-state index is -0.641. The monoisotopic (exact) mass is 412 g/mol. The van der Waals surface area contributed by atoms with E-state index in [0.717, 1.165) is 12.3 Å². The second-order valence-corrected chi connectivity index (χ2v) is 6.73. The van der Waals surface area contributed by atoms with E-state index in [1.807, 2.05) is 0 Å². The fraction of sp³-hybridized carbons (Fsp3) is 0.158. The van der Waals surface area contributed by atoms with Gasteiger partial charge in [0.25, 0.3) is 5.56 Å². The number of hydrogen-bond donors (Lipinski definition) is 3. The molecule has 0 amide bonds. The summed E-state index contributed by atoms with van der Waals surface area (Å²) >= 11 is 0. The Morgan fingerprint density at radius 2 is 2.13 bits per heavy atom. The van der Waals surface area contributed by atoms with Gasteiger partial charge in [0, 0.05) is 24.2 Å². The number of anilines is 2. The Bertz CT molecular complexity index is 1390. The molecular formula is C19H14F2N6O3. The van der Waals surface area contributed by atoms with E-state index in [9.17, 15) is 18.4 Å². The summed E-state index contributed by atoms with van der Waals surface area (Å²) < 4.78 is 34.4. The van der Waals surface area contributed by atoms with Crippen LogP contribution in [0.5, 0.6) is 5.75 Å². The highest BCUT2D eigenvalue weighted by atomic mass is 19.1. The van der Waals surface area contributed by atoms with Gasteiger partial charge in [0.1, 0.15) is 17.0 Å². The Balaban J connectivity index is 1.62. The normalized spacial score (nSPS) is 15.6. The van der Waals surface area contributed by atoms with Gasteiger partial charge in [-0.05, 0) is 6.07 Å². The van der Waals surface area contributed by atoms with Crippen LogP contribution in [0.25, 0.3) is 11.2 Å². The van der Waals surface area contributed by atoms with Crippen molar-refractivity contribution in [3.8, 4) is 5.75 Å². The molecule has 5 rings (SSSR count). The Labute approximate surface area is 166 Å². The van der Waals surface area contributed by atoms with Crippen LogP contribution in [0.1, 0.15) is 18.0 Å². The molecule has 4 heterocycles. The molecule has 9 nitrogen and oxygen atoms in total. The molecule has 0 radical (unpaired) electrons. The average Bonchev–Trinajstić information content (AvgIpc) is 3.06. The molecule has 0 bridgehead atoms. The highest BCUT2D eigenvalue weighted by Crippen LogP contribution is 2.36. The first-order valence-corrected chi connectivity index (χ1v) is 9.05. The molecule has 0 fully saturated rings. The lowest BCUT2D eigenvalue weighted by Gasteiger charge is -2.26. The molecular weight excluding hydrogens is 398 g/mol. The molecule has 0 aliphatic carbocycles. The lowest BCUT2D eigenvalue weighted by Crippen LogP contribution is -2.28. The van der Waals surface area contributed by atoms with Crippen LogP contribution in [-0.4, -0.2) is 31.1 Å². The zero-order valence-electron chi connectivity index (χ0n) is 15.3. The summed E-state index contributed by atoms with van der Waals surface area (Å²) in [6.45, 7) is 0.229. The van der Waals surface area contributed by atoms with Gasteiger partial charge in [-0.1, -0.05) is 12.1 Å². The van der Waals surface area contributed by atoms with Crippen molar-refractivity contribution in [2.24, 2.45) is 0 Å². The van der Waals surface area contributed by atoms with Crippen molar-refractivity contribution in [3.63, 3.8) is 0 Å². The Hall–Kier alpha value is -4.02. The molecule has 3 N–H and O–H groups in total. The van der Waals surface area contributed by atoms with Crippen LogP contribution in [-0.2, 0) is 0 Å². The predicted octanol–water partition coefficient (Wildman–Crippen LogP) is 2.20. The van der Waals surface area contributed by atoms with Crippen LogP contribution >= 0.6 is 0 Å². The molecule has 0 saturated carbocycles. The molecule has 3 aromatic heterocycles. The summed E-state index contributed by atoms with van der Waals surface area (Å²) in [6, 6.07) is 5.04. The molecule has 0 saturated heterocycles. The number of hydrogen-bond acceptors (Lipinski definition) is 6. The van der Waals surface area contributed by atoms with Crippen molar-refractivity contribution < 1.29 is 13.5 Å². The lowest BCUT2D eigenvalue weighted by molar-refractivity contribution is 0.244. The molecule has 0 spiro atoms. The number of nitrogens with one attached hydrogen (secondary N) is 3. The molecule has 0 unspecified atom stereocenters. The lowest BCUT2D eigenvalue weighted by atomic mass is 10.00. The van der Waals surface area contributed by atoms with Gasteiger partial charge in [-0.15, -0.1) is 0 Å². The van der Waals surface area contributed by atoms with E-state index in [4.69, 9.17) is 4.74 Å². The van der Waals surface area contributed by atoms with E-state index in [0.29, 0.717) is 17.5 Å². The minimum Gasteiger partial charge on any atom is -0.490 e. The summed E-state index contributed by atoms with van der Waals surface area (Å²) in [7, 11) is 0. The topological polar surface area (TPSA) is 118 Å². The molecule has 1 aliphatic heterocycles. The number of benzene rings is 1. The first kappa shape index (κ1) is 18.0. The Morgan fingerprint density at radius 1 is 1.27 bits per heavy atom. The fourth-order valence-electron chi connectivity index (χ4n) is 3.57. The van der Waals surface area contributed by atoms with Crippen molar-refractivity contribution >= 4 is 22.8 Å². The number of nitrogens with zero attached hydrogens (tertiary/aromatic N) is 3. The second-order valence-electron chi connectivity index (χ2n) is 6.73. The number of para-hydroxylation sites is 1. The van der Waals surface area contributed by atoms with Crippen LogP contribution in [0.4, 0.5) is 20.4 Å². The van der Waals surface area contributed by atoms with E-state index >= 15 is 0 Å².